The minimum Gasteiger partial charge on any atom is -0.333 e. The van der Waals surface area contributed by atoms with Gasteiger partial charge in [0, 0.05) is 23.9 Å². The van der Waals surface area contributed by atoms with Crippen LogP contribution >= 0.6 is 0 Å². The lowest BCUT2D eigenvalue weighted by Gasteiger charge is -2.26. The Labute approximate surface area is 177 Å². The van der Waals surface area contributed by atoms with Gasteiger partial charge >= 0.3 is 0 Å². The minimum atomic E-state index is -0.264. The van der Waals surface area contributed by atoms with Crippen molar-refractivity contribution in [2.24, 2.45) is 5.92 Å². The Morgan fingerprint density at radius 2 is 1.76 bits per heavy atom. The molecule has 0 aromatic carbocycles. The number of nitrogens with zero attached hydrogens (tertiary/aromatic N) is 3. The van der Waals surface area contributed by atoms with E-state index in [1.165, 1.54) is 0 Å². The number of amides is 2. The van der Waals surface area contributed by atoms with Crippen LogP contribution in [0.5, 0.6) is 0 Å². The highest BCUT2D eigenvalue weighted by Crippen LogP contribution is 2.28. The van der Waals surface area contributed by atoms with Gasteiger partial charge < -0.3 is 10.2 Å². The average molecular weight is 407 g/mol. The molecular weight excluding hydrogens is 364 g/mol. The second-order valence-electron chi connectivity index (χ2n) is 9.90. The number of hydrogen-bond acceptors (Lipinski definition) is 3. The Morgan fingerprint density at radius 3 is 2.21 bits per heavy atom. The van der Waals surface area contributed by atoms with Gasteiger partial charge in [0.05, 0.1) is 17.8 Å². The van der Waals surface area contributed by atoms with Gasteiger partial charge in [0.1, 0.15) is 5.82 Å². The van der Waals surface area contributed by atoms with E-state index in [-0.39, 0.29) is 35.2 Å². The van der Waals surface area contributed by atoms with Gasteiger partial charge in [-0.1, -0.05) is 47.5 Å². The number of likely N-dealkylation sites (N-methyl/N-ethyl adjacent to an activating group) is 1. The molecule has 1 N–H and O–H groups in total. The van der Waals surface area contributed by atoms with E-state index in [0.717, 1.165) is 31.4 Å². The zero-order chi connectivity index (χ0) is 22.4. The molecule has 6 heteroatoms. The summed E-state index contributed by atoms with van der Waals surface area (Å²) >= 11 is 0. The van der Waals surface area contributed by atoms with Crippen molar-refractivity contribution in [1.82, 2.24) is 14.7 Å². The Morgan fingerprint density at radius 1 is 1.14 bits per heavy atom. The van der Waals surface area contributed by atoms with E-state index in [0.29, 0.717) is 12.4 Å². The maximum absolute atomic E-state index is 12.9. The Balaban J connectivity index is 2.97. The predicted molar refractivity (Wildman–Crippen MR) is 120 cm³/mol. The fourth-order valence-corrected chi connectivity index (χ4v) is 3.26. The molecule has 6 nitrogen and oxygen atoms in total. The zero-order valence-corrected chi connectivity index (χ0v) is 20.1. The molecule has 29 heavy (non-hydrogen) atoms. The molecule has 0 bridgehead atoms. The van der Waals surface area contributed by atoms with Crippen LogP contribution in [0.2, 0.25) is 0 Å². The Kier molecular flexibility index (Phi) is 8.91. The average Bonchev–Trinajstić information content (AvgIpc) is 3.04. The topological polar surface area (TPSA) is 67.2 Å². The summed E-state index contributed by atoms with van der Waals surface area (Å²) in [7, 11) is 0. The number of carbonyl (C=O) groups excluding carboxylic acids is 2. The third kappa shape index (κ3) is 7.16. The first-order valence-electron chi connectivity index (χ1n) is 11.0. The van der Waals surface area contributed by atoms with Crippen LogP contribution in [0, 0.1) is 5.92 Å². The summed E-state index contributed by atoms with van der Waals surface area (Å²) in [6.45, 7) is 19.2. The van der Waals surface area contributed by atoms with Crippen LogP contribution in [-0.2, 0) is 20.5 Å². The van der Waals surface area contributed by atoms with E-state index in [4.69, 9.17) is 5.10 Å². The van der Waals surface area contributed by atoms with Gasteiger partial charge in [0.2, 0.25) is 11.8 Å². The molecule has 0 spiro atoms. The van der Waals surface area contributed by atoms with E-state index >= 15 is 0 Å². The van der Waals surface area contributed by atoms with Crippen LogP contribution in [0.15, 0.2) is 6.07 Å². The number of unbranched alkanes of at least 4 members (excludes halogenated alkanes) is 1. The Hall–Kier alpha value is -1.85. The first kappa shape index (κ1) is 25.2. The van der Waals surface area contributed by atoms with Crippen molar-refractivity contribution < 1.29 is 9.59 Å². The smallest absolute Gasteiger partial charge is 0.245 e. The lowest BCUT2D eigenvalue weighted by Crippen LogP contribution is -2.41. The van der Waals surface area contributed by atoms with Gasteiger partial charge in [0.15, 0.2) is 0 Å². The second kappa shape index (κ2) is 10.3. The standard InChI is InChI=1S/C23H42N4O2/c1-10-13-14-17(11-2)21(29)26(12-3)16-20(28)24-19-15-18(22(4,5)6)25-27(19)23(7,8)9/h15,17H,10-14,16H2,1-9H3,(H,24,28)/t17-/m0/s1. The van der Waals surface area contributed by atoms with Gasteiger partial charge in [0.25, 0.3) is 0 Å². The van der Waals surface area contributed by atoms with Crippen molar-refractivity contribution in [3.8, 4) is 0 Å². The molecule has 1 rings (SSSR count). The van der Waals surface area contributed by atoms with E-state index in [2.05, 4.69) is 53.8 Å². The van der Waals surface area contributed by atoms with Gasteiger partial charge in [-0.3, -0.25) is 9.59 Å². The van der Waals surface area contributed by atoms with Crippen LogP contribution < -0.4 is 5.32 Å². The molecule has 0 saturated heterocycles. The largest absolute Gasteiger partial charge is 0.333 e. The lowest BCUT2D eigenvalue weighted by atomic mass is 9.92. The van der Waals surface area contributed by atoms with Crippen molar-refractivity contribution in [2.45, 2.75) is 99.0 Å². The SMILES string of the molecule is CCCC[C@H](CC)C(=O)N(CC)CC(=O)Nc1cc(C(C)(C)C)nn1C(C)(C)C. The van der Waals surface area contributed by atoms with Crippen molar-refractivity contribution in [3.63, 3.8) is 0 Å². The number of carbonyl (C=O) groups is 2. The molecule has 0 radical (unpaired) electrons. The van der Waals surface area contributed by atoms with Crippen LogP contribution in [0.1, 0.15) is 93.7 Å². The maximum Gasteiger partial charge on any atom is 0.245 e. The van der Waals surface area contributed by atoms with E-state index in [9.17, 15) is 9.59 Å². The van der Waals surface area contributed by atoms with Gasteiger partial charge in [-0.2, -0.15) is 5.10 Å². The van der Waals surface area contributed by atoms with Gasteiger partial charge in [-0.05, 0) is 40.5 Å². The molecule has 0 fully saturated rings. The van der Waals surface area contributed by atoms with Crippen LogP contribution in [0.3, 0.4) is 0 Å². The number of hydrogen-bond donors (Lipinski definition) is 1. The molecule has 0 aliphatic carbocycles. The zero-order valence-electron chi connectivity index (χ0n) is 20.1. The van der Waals surface area contributed by atoms with Crippen LogP contribution in [0.4, 0.5) is 5.82 Å². The second-order valence-corrected chi connectivity index (χ2v) is 9.90. The normalized spacial score (nSPS) is 13.3. The minimum absolute atomic E-state index is 0.00436. The fraction of sp³-hybridized carbons (Fsp3) is 0.783. The molecule has 1 heterocycles. The van der Waals surface area contributed by atoms with Crippen molar-refractivity contribution in [3.05, 3.63) is 11.8 Å². The first-order valence-corrected chi connectivity index (χ1v) is 11.0. The number of rotatable bonds is 9. The molecule has 0 saturated carbocycles. The highest BCUT2D eigenvalue weighted by atomic mass is 16.2. The molecule has 1 aromatic heterocycles. The third-order valence-electron chi connectivity index (χ3n) is 5.16. The molecule has 0 unspecified atom stereocenters. The highest BCUT2D eigenvalue weighted by molar-refractivity contribution is 5.94. The summed E-state index contributed by atoms with van der Waals surface area (Å²) in [5.41, 5.74) is 0.547. The van der Waals surface area contributed by atoms with Crippen molar-refractivity contribution in [1.29, 1.82) is 0 Å². The fourth-order valence-electron chi connectivity index (χ4n) is 3.26. The first-order chi connectivity index (χ1) is 13.3. The summed E-state index contributed by atoms with van der Waals surface area (Å²) in [6, 6.07) is 1.94. The van der Waals surface area contributed by atoms with Gasteiger partial charge in [-0.25, -0.2) is 4.68 Å². The summed E-state index contributed by atoms with van der Waals surface area (Å²) < 4.78 is 1.86. The molecule has 166 valence electrons. The monoisotopic (exact) mass is 406 g/mol. The quantitative estimate of drug-likeness (QED) is 0.632. The molecule has 1 aromatic rings. The van der Waals surface area contributed by atoms with Crippen molar-refractivity contribution in [2.75, 3.05) is 18.4 Å². The number of anilines is 1. The lowest BCUT2D eigenvalue weighted by molar-refractivity contribution is -0.138. The molecular formula is C23H42N4O2. The number of aromatic nitrogens is 2. The number of nitrogens with one attached hydrogen (secondary N) is 1. The molecule has 1 atom stereocenters. The summed E-state index contributed by atoms with van der Waals surface area (Å²) in [5, 5.41) is 7.73. The highest BCUT2D eigenvalue weighted by Gasteiger charge is 2.27. The summed E-state index contributed by atoms with van der Waals surface area (Å²) in [5.74, 6) is 0.568. The van der Waals surface area contributed by atoms with Crippen molar-refractivity contribution >= 4 is 17.6 Å². The van der Waals surface area contributed by atoms with E-state index in [1.807, 2.05) is 24.6 Å². The summed E-state index contributed by atoms with van der Waals surface area (Å²) in [4.78, 5) is 27.4. The molecule has 0 aliphatic heterocycles. The van der Waals surface area contributed by atoms with E-state index in [1.54, 1.807) is 4.90 Å². The summed E-state index contributed by atoms with van der Waals surface area (Å²) in [6.07, 6.45) is 3.80. The Bertz CT molecular complexity index is 680. The van der Waals surface area contributed by atoms with Crippen LogP contribution in [0.25, 0.3) is 0 Å². The molecule has 0 aliphatic rings. The molecule has 2 amide bonds. The third-order valence-corrected chi connectivity index (χ3v) is 5.16. The van der Waals surface area contributed by atoms with Crippen LogP contribution in [-0.4, -0.2) is 39.6 Å². The maximum atomic E-state index is 12.9. The van der Waals surface area contributed by atoms with Gasteiger partial charge in [-0.15, -0.1) is 0 Å². The van der Waals surface area contributed by atoms with E-state index < -0.39 is 0 Å². The predicted octanol–water partition coefficient (Wildman–Crippen LogP) is 4.94.